The van der Waals surface area contributed by atoms with Gasteiger partial charge in [-0.2, -0.15) is 0 Å². The van der Waals surface area contributed by atoms with Crippen LogP contribution in [0.15, 0.2) is 0 Å². The van der Waals surface area contributed by atoms with Crippen LogP contribution in [0.25, 0.3) is 4.85 Å². The standard InChI is InChI=1S/C8H12N2Se2/c1-10-6-4-8-12-11-7-3-2-5-9/h2-4,6-8H2. The second kappa shape index (κ2) is 11.0. The molecule has 0 saturated heterocycles. The molecule has 0 saturated carbocycles. The zero-order valence-corrected chi connectivity index (χ0v) is 10.4. The molecule has 0 unspecified atom stereocenters. The van der Waals surface area contributed by atoms with E-state index in [0.717, 1.165) is 45.5 Å². The molecule has 66 valence electrons. The number of hydrogen-bond acceptors (Lipinski definition) is 1. The molecule has 0 bridgehead atoms. The van der Waals surface area contributed by atoms with Crippen molar-refractivity contribution in [2.24, 2.45) is 0 Å². The van der Waals surface area contributed by atoms with Crippen molar-refractivity contribution < 1.29 is 0 Å². The molecule has 0 fully saturated rings. The van der Waals surface area contributed by atoms with Crippen LogP contribution < -0.4 is 0 Å². The summed E-state index contributed by atoms with van der Waals surface area (Å²) in [6.07, 6.45) is 2.89. The van der Waals surface area contributed by atoms with Crippen molar-refractivity contribution in [1.82, 2.24) is 0 Å². The van der Waals surface area contributed by atoms with E-state index in [9.17, 15) is 0 Å². The van der Waals surface area contributed by atoms with Crippen molar-refractivity contribution in [2.45, 2.75) is 29.9 Å². The first-order chi connectivity index (χ1) is 5.91. The normalized spacial score (nSPS) is 8.83. The summed E-state index contributed by atoms with van der Waals surface area (Å²) >= 11 is 1.57. The molecule has 0 aliphatic heterocycles. The van der Waals surface area contributed by atoms with Gasteiger partial charge in [-0.15, -0.1) is 0 Å². The van der Waals surface area contributed by atoms with Crippen LogP contribution in [0.4, 0.5) is 0 Å². The quantitative estimate of drug-likeness (QED) is 0.399. The SMILES string of the molecule is [C-]#[N+]CCC[Se][Se]CCCC#N. The number of nitrogens with zero attached hydrogens (tertiary/aromatic N) is 2. The summed E-state index contributed by atoms with van der Waals surface area (Å²) in [5, 5.41) is 10.8. The molecule has 0 aromatic rings. The van der Waals surface area contributed by atoms with Crippen LogP contribution in [-0.2, 0) is 0 Å². The molecule has 0 N–H and O–H groups in total. The van der Waals surface area contributed by atoms with E-state index in [1.807, 2.05) is 0 Å². The van der Waals surface area contributed by atoms with Crippen molar-refractivity contribution in [3.8, 4) is 6.07 Å². The van der Waals surface area contributed by atoms with Gasteiger partial charge in [-0.1, -0.05) is 0 Å². The Labute approximate surface area is 85.4 Å². The Morgan fingerprint density at radius 3 is 2.50 bits per heavy atom. The maximum atomic E-state index is 8.27. The molecule has 4 heteroatoms. The molecule has 0 heterocycles. The molecular weight excluding hydrogens is 282 g/mol. The molecule has 0 atom stereocenters. The van der Waals surface area contributed by atoms with Gasteiger partial charge in [0.25, 0.3) is 0 Å². The predicted molar refractivity (Wildman–Crippen MR) is 52.1 cm³/mol. The van der Waals surface area contributed by atoms with Gasteiger partial charge in [0.1, 0.15) is 0 Å². The molecule has 0 aromatic carbocycles. The molecule has 0 radical (unpaired) electrons. The topological polar surface area (TPSA) is 28.1 Å². The third-order valence-electron chi connectivity index (χ3n) is 1.10. The van der Waals surface area contributed by atoms with Gasteiger partial charge in [0.05, 0.1) is 0 Å². The van der Waals surface area contributed by atoms with Gasteiger partial charge >= 0.3 is 85.5 Å². The zero-order chi connectivity index (χ0) is 9.07. The summed E-state index contributed by atoms with van der Waals surface area (Å²) in [5.74, 6) is 0. The summed E-state index contributed by atoms with van der Waals surface area (Å²) in [6, 6.07) is 2.16. The second-order valence-corrected chi connectivity index (χ2v) is 9.98. The summed E-state index contributed by atoms with van der Waals surface area (Å²) < 4.78 is 0. The number of unbranched alkanes of at least 4 members (excludes halogenated alkanes) is 1. The Morgan fingerprint density at radius 1 is 1.25 bits per heavy atom. The molecule has 0 spiro atoms. The number of nitriles is 1. The zero-order valence-electron chi connectivity index (χ0n) is 6.95. The summed E-state index contributed by atoms with van der Waals surface area (Å²) in [5.41, 5.74) is 0. The predicted octanol–water partition coefficient (Wildman–Crippen LogP) is 1.76. The third-order valence-corrected chi connectivity index (χ3v) is 8.81. The van der Waals surface area contributed by atoms with Gasteiger partial charge < -0.3 is 0 Å². The van der Waals surface area contributed by atoms with Crippen molar-refractivity contribution in [2.75, 3.05) is 6.54 Å². The second-order valence-electron chi connectivity index (χ2n) is 2.14. The van der Waals surface area contributed by atoms with Crippen LogP contribution in [0.2, 0.25) is 10.6 Å². The average molecular weight is 294 g/mol. The van der Waals surface area contributed by atoms with Crippen LogP contribution >= 0.6 is 0 Å². The molecule has 0 rings (SSSR count). The van der Waals surface area contributed by atoms with E-state index in [4.69, 9.17) is 11.8 Å². The van der Waals surface area contributed by atoms with Crippen LogP contribution in [-0.4, -0.2) is 32.8 Å². The fourth-order valence-electron chi connectivity index (χ4n) is 0.531. The fourth-order valence-corrected chi connectivity index (χ4v) is 7.23. The van der Waals surface area contributed by atoms with Crippen LogP contribution in [0.5, 0.6) is 0 Å². The Morgan fingerprint density at radius 2 is 1.92 bits per heavy atom. The van der Waals surface area contributed by atoms with E-state index in [1.165, 1.54) is 10.6 Å². The minimum atomic E-state index is 0.704. The molecule has 2 nitrogen and oxygen atoms in total. The Balaban J connectivity index is 2.84. The Bertz CT molecular complexity index is 149. The number of hydrogen-bond donors (Lipinski definition) is 0. The minimum absolute atomic E-state index is 0.704. The molecule has 0 amide bonds. The van der Waals surface area contributed by atoms with Gasteiger partial charge in [0, 0.05) is 0 Å². The van der Waals surface area contributed by atoms with Crippen LogP contribution in [0.3, 0.4) is 0 Å². The van der Waals surface area contributed by atoms with E-state index in [2.05, 4.69) is 10.9 Å². The summed E-state index contributed by atoms with van der Waals surface area (Å²) in [6.45, 7) is 7.28. The van der Waals surface area contributed by atoms with Gasteiger partial charge in [-0.05, 0) is 0 Å². The molecule has 12 heavy (non-hydrogen) atoms. The first-order valence-electron chi connectivity index (χ1n) is 3.86. The van der Waals surface area contributed by atoms with Crippen molar-refractivity contribution in [1.29, 1.82) is 5.26 Å². The maximum absolute atomic E-state index is 8.27. The van der Waals surface area contributed by atoms with Gasteiger partial charge in [0.15, 0.2) is 0 Å². The first-order valence-corrected chi connectivity index (χ1v) is 10.6. The van der Waals surface area contributed by atoms with E-state index >= 15 is 0 Å². The average Bonchev–Trinajstić information content (AvgIpc) is 2.10. The first kappa shape index (κ1) is 12.0. The van der Waals surface area contributed by atoms with Crippen molar-refractivity contribution >= 4 is 26.3 Å². The summed E-state index contributed by atoms with van der Waals surface area (Å²) in [4.78, 5) is 3.31. The number of rotatable bonds is 7. The van der Waals surface area contributed by atoms with Crippen LogP contribution in [0.1, 0.15) is 19.3 Å². The third kappa shape index (κ3) is 10.0. The van der Waals surface area contributed by atoms with Gasteiger partial charge in [-0.25, -0.2) is 0 Å². The Kier molecular flexibility index (Phi) is 11.0. The molecular formula is C8H12N2Se2. The van der Waals surface area contributed by atoms with Gasteiger partial charge in [-0.3, -0.25) is 0 Å². The summed E-state index contributed by atoms with van der Waals surface area (Å²) in [7, 11) is 0. The van der Waals surface area contributed by atoms with Crippen molar-refractivity contribution in [3.05, 3.63) is 11.4 Å². The molecule has 0 aliphatic carbocycles. The van der Waals surface area contributed by atoms with Crippen molar-refractivity contribution in [3.63, 3.8) is 0 Å². The van der Waals surface area contributed by atoms with E-state index in [1.54, 1.807) is 0 Å². The van der Waals surface area contributed by atoms with Gasteiger partial charge in [0.2, 0.25) is 0 Å². The van der Waals surface area contributed by atoms with Crippen LogP contribution in [0, 0.1) is 17.9 Å². The van der Waals surface area contributed by atoms with E-state index in [-0.39, 0.29) is 0 Å². The van der Waals surface area contributed by atoms with E-state index < -0.39 is 0 Å². The monoisotopic (exact) mass is 296 g/mol. The van der Waals surface area contributed by atoms with E-state index in [0.29, 0.717) is 6.54 Å². The molecule has 0 aliphatic rings. The fraction of sp³-hybridized carbons (Fsp3) is 0.750. The Hall–Kier alpha value is 0.0190. The molecule has 0 aromatic heterocycles.